The lowest BCUT2D eigenvalue weighted by molar-refractivity contribution is -0.385. The first kappa shape index (κ1) is 16.2. The second-order valence-corrected chi connectivity index (χ2v) is 5.57. The van der Waals surface area contributed by atoms with Crippen LogP contribution in [0.2, 0.25) is 5.02 Å². The first-order valence-corrected chi connectivity index (χ1v) is 7.25. The SMILES string of the molecule is Cc1ccc(NC(=S)Nc2cccc(Cl)c2C)cc1[N+](=O)[O-]. The van der Waals surface area contributed by atoms with Gasteiger partial charge in [-0.2, -0.15) is 0 Å². The fourth-order valence-corrected chi connectivity index (χ4v) is 2.31. The Hall–Kier alpha value is -2.18. The van der Waals surface area contributed by atoms with Crippen molar-refractivity contribution < 1.29 is 4.92 Å². The molecule has 2 rings (SSSR count). The third-order valence-electron chi connectivity index (χ3n) is 3.18. The summed E-state index contributed by atoms with van der Waals surface area (Å²) in [5.41, 5.74) is 2.86. The number of thiocarbonyl (C=S) groups is 1. The molecule has 0 atom stereocenters. The Morgan fingerprint density at radius 1 is 1.23 bits per heavy atom. The molecule has 0 saturated carbocycles. The van der Waals surface area contributed by atoms with E-state index in [9.17, 15) is 10.1 Å². The maximum atomic E-state index is 10.9. The van der Waals surface area contributed by atoms with Crippen molar-refractivity contribution in [3.05, 3.63) is 62.7 Å². The van der Waals surface area contributed by atoms with Gasteiger partial charge in [-0.3, -0.25) is 10.1 Å². The minimum atomic E-state index is -0.419. The van der Waals surface area contributed by atoms with E-state index < -0.39 is 4.92 Å². The van der Waals surface area contributed by atoms with Gasteiger partial charge in [-0.15, -0.1) is 0 Å². The van der Waals surface area contributed by atoms with Gasteiger partial charge in [0.15, 0.2) is 5.11 Å². The van der Waals surface area contributed by atoms with Gasteiger partial charge in [-0.05, 0) is 49.8 Å². The van der Waals surface area contributed by atoms with E-state index in [2.05, 4.69) is 10.6 Å². The van der Waals surface area contributed by atoms with Crippen molar-refractivity contribution in [1.29, 1.82) is 0 Å². The summed E-state index contributed by atoms with van der Waals surface area (Å²) >= 11 is 11.3. The van der Waals surface area contributed by atoms with Crippen LogP contribution in [-0.2, 0) is 0 Å². The van der Waals surface area contributed by atoms with E-state index in [-0.39, 0.29) is 5.69 Å². The van der Waals surface area contributed by atoms with Crippen LogP contribution in [0.5, 0.6) is 0 Å². The fraction of sp³-hybridized carbons (Fsp3) is 0.133. The normalized spacial score (nSPS) is 10.1. The number of nitro groups is 1. The highest BCUT2D eigenvalue weighted by Crippen LogP contribution is 2.24. The zero-order chi connectivity index (χ0) is 16.3. The average Bonchev–Trinajstić information content (AvgIpc) is 2.45. The smallest absolute Gasteiger partial charge is 0.274 e. The molecule has 0 spiro atoms. The van der Waals surface area contributed by atoms with Crippen LogP contribution < -0.4 is 10.6 Å². The van der Waals surface area contributed by atoms with Gasteiger partial charge in [0.1, 0.15) is 0 Å². The zero-order valence-corrected chi connectivity index (χ0v) is 13.6. The Kier molecular flexibility index (Phi) is 4.95. The van der Waals surface area contributed by atoms with Gasteiger partial charge in [-0.25, -0.2) is 0 Å². The minimum absolute atomic E-state index is 0.0479. The molecule has 0 unspecified atom stereocenters. The van der Waals surface area contributed by atoms with Crippen LogP contribution in [0.1, 0.15) is 11.1 Å². The van der Waals surface area contributed by atoms with Gasteiger partial charge >= 0.3 is 0 Å². The van der Waals surface area contributed by atoms with E-state index in [1.165, 1.54) is 6.07 Å². The standard InChI is InChI=1S/C15H14ClN3O2S/c1-9-6-7-11(8-14(9)19(20)21)17-15(22)18-13-5-3-4-12(16)10(13)2/h3-8H,1-2H3,(H2,17,18,22). The number of benzene rings is 2. The van der Waals surface area contributed by atoms with Crippen molar-refractivity contribution in [2.24, 2.45) is 0 Å². The number of nitrogens with one attached hydrogen (secondary N) is 2. The molecule has 0 aliphatic carbocycles. The van der Waals surface area contributed by atoms with Crippen LogP contribution in [0, 0.1) is 24.0 Å². The minimum Gasteiger partial charge on any atom is -0.332 e. The predicted molar refractivity (Wildman–Crippen MR) is 93.9 cm³/mol. The largest absolute Gasteiger partial charge is 0.332 e. The topological polar surface area (TPSA) is 67.2 Å². The molecule has 0 aliphatic rings. The van der Waals surface area contributed by atoms with Crippen molar-refractivity contribution in [2.45, 2.75) is 13.8 Å². The Morgan fingerprint density at radius 2 is 1.95 bits per heavy atom. The molecule has 0 aromatic heterocycles. The fourth-order valence-electron chi connectivity index (χ4n) is 1.91. The maximum Gasteiger partial charge on any atom is 0.274 e. The van der Waals surface area contributed by atoms with Crippen molar-refractivity contribution in [1.82, 2.24) is 0 Å². The van der Waals surface area contributed by atoms with Crippen molar-refractivity contribution in [3.63, 3.8) is 0 Å². The Bertz CT molecular complexity index is 750. The summed E-state index contributed by atoms with van der Waals surface area (Å²) in [5.74, 6) is 0. The molecule has 0 radical (unpaired) electrons. The van der Waals surface area contributed by atoms with E-state index in [0.717, 1.165) is 11.3 Å². The van der Waals surface area contributed by atoms with Crippen molar-refractivity contribution in [2.75, 3.05) is 10.6 Å². The lowest BCUT2D eigenvalue weighted by Gasteiger charge is -2.13. The molecule has 2 aromatic carbocycles. The molecule has 22 heavy (non-hydrogen) atoms. The highest BCUT2D eigenvalue weighted by molar-refractivity contribution is 7.80. The van der Waals surface area contributed by atoms with Gasteiger partial charge in [0.2, 0.25) is 0 Å². The molecule has 0 aliphatic heterocycles. The maximum absolute atomic E-state index is 10.9. The number of aryl methyl sites for hydroxylation is 1. The summed E-state index contributed by atoms with van der Waals surface area (Å²) in [7, 11) is 0. The summed E-state index contributed by atoms with van der Waals surface area (Å²) < 4.78 is 0. The number of rotatable bonds is 3. The molecular weight excluding hydrogens is 322 g/mol. The molecule has 0 heterocycles. The molecule has 114 valence electrons. The number of nitro benzene ring substituents is 1. The summed E-state index contributed by atoms with van der Waals surface area (Å²) in [6.45, 7) is 3.57. The average molecular weight is 336 g/mol. The van der Waals surface area contributed by atoms with Crippen LogP contribution in [0.15, 0.2) is 36.4 Å². The van der Waals surface area contributed by atoms with Crippen molar-refractivity contribution >= 4 is 46.0 Å². The first-order chi connectivity index (χ1) is 10.4. The number of hydrogen-bond donors (Lipinski definition) is 2. The Morgan fingerprint density at radius 3 is 2.64 bits per heavy atom. The zero-order valence-electron chi connectivity index (χ0n) is 12.0. The van der Waals surface area contributed by atoms with Crippen LogP contribution in [0.4, 0.5) is 17.1 Å². The van der Waals surface area contributed by atoms with Crippen LogP contribution >= 0.6 is 23.8 Å². The van der Waals surface area contributed by atoms with Gasteiger partial charge in [-0.1, -0.05) is 23.7 Å². The molecule has 2 aromatic rings. The van der Waals surface area contributed by atoms with E-state index in [1.54, 1.807) is 25.1 Å². The number of halogens is 1. The van der Waals surface area contributed by atoms with Crippen LogP contribution in [-0.4, -0.2) is 10.0 Å². The summed E-state index contributed by atoms with van der Waals surface area (Å²) in [5, 5.41) is 17.9. The second-order valence-electron chi connectivity index (χ2n) is 4.75. The molecule has 0 bridgehead atoms. The second kappa shape index (κ2) is 6.72. The monoisotopic (exact) mass is 335 g/mol. The molecular formula is C15H14ClN3O2S. The Labute approximate surface area is 138 Å². The molecule has 0 amide bonds. The number of hydrogen-bond acceptors (Lipinski definition) is 3. The third-order valence-corrected chi connectivity index (χ3v) is 3.79. The van der Waals surface area contributed by atoms with Gasteiger partial charge in [0.25, 0.3) is 5.69 Å². The highest BCUT2D eigenvalue weighted by atomic mass is 35.5. The van der Waals surface area contributed by atoms with Gasteiger partial charge in [0.05, 0.1) is 4.92 Å². The number of nitrogens with zero attached hydrogens (tertiary/aromatic N) is 1. The van der Waals surface area contributed by atoms with E-state index >= 15 is 0 Å². The number of anilines is 2. The lowest BCUT2D eigenvalue weighted by Crippen LogP contribution is -2.19. The third kappa shape index (κ3) is 3.72. The molecule has 2 N–H and O–H groups in total. The molecule has 5 nitrogen and oxygen atoms in total. The summed E-state index contributed by atoms with van der Waals surface area (Å²) in [6, 6.07) is 10.3. The lowest BCUT2D eigenvalue weighted by atomic mass is 10.2. The molecule has 7 heteroatoms. The quantitative estimate of drug-likeness (QED) is 0.484. The molecule has 0 saturated heterocycles. The summed E-state index contributed by atoms with van der Waals surface area (Å²) in [4.78, 5) is 10.5. The molecule has 0 fully saturated rings. The van der Waals surface area contributed by atoms with Gasteiger partial charge < -0.3 is 10.6 Å². The van der Waals surface area contributed by atoms with E-state index in [0.29, 0.717) is 21.4 Å². The van der Waals surface area contributed by atoms with Crippen molar-refractivity contribution in [3.8, 4) is 0 Å². The van der Waals surface area contributed by atoms with Crippen LogP contribution in [0.25, 0.3) is 0 Å². The Balaban J connectivity index is 2.14. The van der Waals surface area contributed by atoms with Gasteiger partial charge in [0, 0.05) is 28.0 Å². The predicted octanol–water partition coefficient (Wildman–Crippen LogP) is 4.67. The highest BCUT2D eigenvalue weighted by Gasteiger charge is 2.12. The van der Waals surface area contributed by atoms with E-state index in [4.69, 9.17) is 23.8 Å². The first-order valence-electron chi connectivity index (χ1n) is 6.46. The van der Waals surface area contributed by atoms with Crippen LogP contribution in [0.3, 0.4) is 0 Å². The van der Waals surface area contributed by atoms with E-state index in [1.807, 2.05) is 19.1 Å². The summed E-state index contributed by atoms with van der Waals surface area (Å²) in [6.07, 6.45) is 0.